The van der Waals surface area contributed by atoms with E-state index < -0.39 is 16.6 Å². The van der Waals surface area contributed by atoms with Gasteiger partial charge in [-0.25, -0.2) is 4.39 Å². The summed E-state index contributed by atoms with van der Waals surface area (Å²) in [4.78, 5) is 26.0. The average molecular weight is 443 g/mol. The Morgan fingerprint density at radius 2 is 1.91 bits per heavy atom. The van der Waals surface area contributed by atoms with Crippen LogP contribution in [0, 0.1) is 34.7 Å². The number of hydrogen-bond donors (Lipinski definition) is 2. The first-order chi connectivity index (χ1) is 15.2. The minimum atomic E-state index is -0.531. The minimum Gasteiger partial charge on any atom is -0.379 e. The Hall–Kier alpha value is -3.00. The third-order valence-corrected chi connectivity index (χ3v) is 5.80. The predicted molar refractivity (Wildman–Crippen MR) is 125 cm³/mol. The van der Waals surface area contributed by atoms with Gasteiger partial charge in [0.1, 0.15) is 11.5 Å². The van der Waals surface area contributed by atoms with Gasteiger partial charge in [-0.15, -0.1) is 0 Å². The molecule has 2 N–H and O–H groups in total. The summed E-state index contributed by atoms with van der Waals surface area (Å²) in [5, 5.41) is 17.3. The van der Waals surface area contributed by atoms with Crippen molar-refractivity contribution < 1.29 is 14.1 Å². The number of likely N-dealkylation sites (tertiary alicyclic amines) is 1. The molecule has 1 aliphatic heterocycles. The van der Waals surface area contributed by atoms with E-state index in [9.17, 15) is 19.3 Å². The van der Waals surface area contributed by atoms with Crippen molar-refractivity contribution in [2.45, 2.75) is 33.6 Å². The summed E-state index contributed by atoms with van der Waals surface area (Å²) < 4.78 is 13.7. The van der Waals surface area contributed by atoms with E-state index in [1.54, 1.807) is 25.1 Å². The van der Waals surface area contributed by atoms with Crippen molar-refractivity contribution in [1.29, 1.82) is 0 Å². The Morgan fingerprint density at radius 3 is 2.56 bits per heavy atom. The molecule has 2 aromatic rings. The Morgan fingerprint density at radius 1 is 1.19 bits per heavy atom. The van der Waals surface area contributed by atoms with Gasteiger partial charge in [-0.2, -0.15) is 0 Å². The highest BCUT2D eigenvalue weighted by atomic mass is 19.1. The van der Waals surface area contributed by atoms with Gasteiger partial charge in [0.2, 0.25) is 0 Å². The van der Waals surface area contributed by atoms with Crippen LogP contribution in [0.4, 0.5) is 21.5 Å². The van der Waals surface area contributed by atoms with E-state index in [4.69, 9.17) is 0 Å². The van der Waals surface area contributed by atoms with Crippen molar-refractivity contribution in [2.75, 3.05) is 36.8 Å². The van der Waals surface area contributed by atoms with Crippen molar-refractivity contribution in [2.24, 2.45) is 11.8 Å². The summed E-state index contributed by atoms with van der Waals surface area (Å²) in [5.41, 5.74) is 1.13. The summed E-state index contributed by atoms with van der Waals surface area (Å²) >= 11 is 0. The molecule has 0 aromatic heterocycles. The fraction of sp³-hybridized carbons (Fsp3) is 0.458. The van der Waals surface area contributed by atoms with Crippen molar-refractivity contribution in [1.82, 2.24) is 4.90 Å². The maximum Gasteiger partial charge on any atom is 0.293 e. The van der Waals surface area contributed by atoms with Crippen molar-refractivity contribution >= 4 is 23.0 Å². The molecule has 0 saturated carbocycles. The number of benzene rings is 2. The van der Waals surface area contributed by atoms with E-state index in [-0.39, 0.29) is 11.3 Å². The number of carbonyl (C=O) groups is 1. The standard InChI is InChI=1S/C24H31FN4O3/c1-16-11-17(2)15-28(14-16)10-4-9-26-22-8-6-19(12-23(22)29(31)32)24(30)27-20-7-5-18(3)21(25)13-20/h5-8,12-13,16-17,26H,4,9-11,14-15H2,1-3H3,(H,27,30)/t16-,17+. The Labute approximate surface area is 188 Å². The SMILES string of the molecule is Cc1ccc(NC(=O)c2ccc(NCCCN3C[C@H](C)C[C@H](C)C3)c([N+](=O)[O-])c2)cc1F. The van der Waals surface area contributed by atoms with E-state index in [2.05, 4.69) is 29.4 Å². The highest BCUT2D eigenvalue weighted by molar-refractivity contribution is 6.05. The van der Waals surface area contributed by atoms with Crippen molar-refractivity contribution in [3.63, 3.8) is 0 Å². The maximum atomic E-state index is 13.7. The maximum absolute atomic E-state index is 13.7. The third-order valence-electron chi connectivity index (χ3n) is 5.80. The number of nitrogens with zero attached hydrogens (tertiary/aromatic N) is 2. The van der Waals surface area contributed by atoms with E-state index in [1.807, 2.05) is 0 Å². The second kappa shape index (κ2) is 10.5. The molecule has 1 amide bonds. The number of nitrogens with one attached hydrogen (secondary N) is 2. The van der Waals surface area contributed by atoms with E-state index in [0.29, 0.717) is 35.3 Å². The van der Waals surface area contributed by atoms with Crippen LogP contribution in [-0.2, 0) is 0 Å². The number of rotatable bonds is 8. The van der Waals surface area contributed by atoms with Gasteiger partial charge in [0.05, 0.1) is 4.92 Å². The predicted octanol–water partition coefficient (Wildman–Crippen LogP) is 5.07. The van der Waals surface area contributed by atoms with Crippen LogP contribution in [0.3, 0.4) is 0 Å². The monoisotopic (exact) mass is 442 g/mol. The van der Waals surface area contributed by atoms with E-state index in [0.717, 1.165) is 26.1 Å². The first-order valence-corrected chi connectivity index (χ1v) is 11.0. The molecule has 0 bridgehead atoms. The number of piperidine rings is 1. The normalized spacial score (nSPS) is 18.9. The van der Waals surface area contributed by atoms with Crippen LogP contribution < -0.4 is 10.6 Å². The summed E-state index contributed by atoms with van der Waals surface area (Å²) in [6.45, 7) is 9.92. The van der Waals surface area contributed by atoms with Gasteiger partial charge in [-0.1, -0.05) is 19.9 Å². The third kappa shape index (κ3) is 6.26. The molecular weight excluding hydrogens is 411 g/mol. The molecule has 0 unspecified atom stereocenters. The number of nitro groups is 1. The lowest BCUT2D eigenvalue weighted by atomic mass is 9.92. The molecule has 8 heteroatoms. The number of hydrogen-bond acceptors (Lipinski definition) is 5. The molecule has 172 valence electrons. The van der Waals surface area contributed by atoms with Gasteiger partial charge in [0, 0.05) is 37.0 Å². The number of amides is 1. The fourth-order valence-electron chi connectivity index (χ4n) is 4.35. The smallest absolute Gasteiger partial charge is 0.293 e. The number of halogens is 1. The zero-order chi connectivity index (χ0) is 23.3. The average Bonchev–Trinajstić information content (AvgIpc) is 2.73. The molecule has 0 aliphatic carbocycles. The molecule has 1 fully saturated rings. The van der Waals surface area contributed by atoms with Crippen molar-refractivity contribution in [3.05, 3.63) is 63.5 Å². The highest BCUT2D eigenvalue weighted by Crippen LogP contribution is 2.27. The lowest BCUT2D eigenvalue weighted by Crippen LogP contribution is -2.39. The molecule has 2 atom stereocenters. The summed E-state index contributed by atoms with van der Waals surface area (Å²) in [5.74, 6) is 0.434. The second-order valence-corrected chi connectivity index (χ2v) is 8.89. The van der Waals surface area contributed by atoms with Crippen LogP contribution in [-0.4, -0.2) is 41.9 Å². The molecule has 32 heavy (non-hydrogen) atoms. The first-order valence-electron chi connectivity index (χ1n) is 11.0. The van der Waals surface area contributed by atoms with Crippen LogP contribution in [0.25, 0.3) is 0 Å². The second-order valence-electron chi connectivity index (χ2n) is 8.89. The van der Waals surface area contributed by atoms with Gasteiger partial charge in [-0.05, 0) is 68.0 Å². The van der Waals surface area contributed by atoms with Crippen LogP contribution >= 0.6 is 0 Å². The van der Waals surface area contributed by atoms with Gasteiger partial charge < -0.3 is 15.5 Å². The summed E-state index contributed by atoms with van der Waals surface area (Å²) in [6, 6.07) is 8.70. The molecule has 0 spiro atoms. The van der Waals surface area contributed by atoms with E-state index in [1.165, 1.54) is 24.6 Å². The summed E-state index contributed by atoms with van der Waals surface area (Å²) in [7, 11) is 0. The molecule has 2 aromatic carbocycles. The Balaban J connectivity index is 1.59. The quantitative estimate of drug-likeness (QED) is 0.338. The molecule has 7 nitrogen and oxygen atoms in total. The lowest BCUT2D eigenvalue weighted by Gasteiger charge is -2.34. The number of anilines is 2. The van der Waals surface area contributed by atoms with Crippen LogP contribution in [0.15, 0.2) is 36.4 Å². The highest BCUT2D eigenvalue weighted by Gasteiger charge is 2.21. The van der Waals surface area contributed by atoms with Gasteiger partial charge >= 0.3 is 0 Å². The Kier molecular flexibility index (Phi) is 7.80. The fourth-order valence-corrected chi connectivity index (χ4v) is 4.35. The molecule has 1 aliphatic rings. The number of carbonyl (C=O) groups excluding carboxylic acids is 1. The molecule has 3 rings (SSSR count). The van der Waals surface area contributed by atoms with Crippen LogP contribution in [0.1, 0.15) is 42.6 Å². The zero-order valence-electron chi connectivity index (χ0n) is 18.9. The van der Waals surface area contributed by atoms with E-state index >= 15 is 0 Å². The van der Waals surface area contributed by atoms with Crippen LogP contribution in [0.5, 0.6) is 0 Å². The molecule has 1 heterocycles. The Bertz CT molecular complexity index is 972. The van der Waals surface area contributed by atoms with Crippen LogP contribution in [0.2, 0.25) is 0 Å². The molecule has 1 saturated heterocycles. The van der Waals surface area contributed by atoms with Crippen molar-refractivity contribution in [3.8, 4) is 0 Å². The number of aryl methyl sites for hydroxylation is 1. The largest absolute Gasteiger partial charge is 0.379 e. The molecule has 0 radical (unpaired) electrons. The zero-order valence-corrected chi connectivity index (χ0v) is 18.9. The minimum absolute atomic E-state index is 0.138. The van der Waals surface area contributed by atoms with Gasteiger partial charge in [0.25, 0.3) is 11.6 Å². The van der Waals surface area contributed by atoms with Gasteiger partial charge in [-0.3, -0.25) is 14.9 Å². The van der Waals surface area contributed by atoms with Gasteiger partial charge in [0.15, 0.2) is 0 Å². The topological polar surface area (TPSA) is 87.5 Å². The first kappa shape index (κ1) is 23.7. The molecular formula is C24H31FN4O3. The summed E-state index contributed by atoms with van der Waals surface area (Å²) in [6.07, 6.45) is 2.14. The lowest BCUT2D eigenvalue weighted by molar-refractivity contribution is -0.384. The number of nitro benzene ring substituents is 1.